The van der Waals surface area contributed by atoms with Gasteiger partial charge in [-0.1, -0.05) is 24.3 Å². The van der Waals surface area contributed by atoms with Crippen molar-refractivity contribution in [3.05, 3.63) is 47.7 Å². The van der Waals surface area contributed by atoms with Crippen molar-refractivity contribution in [3.63, 3.8) is 0 Å². The predicted molar refractivity (Wildman–Crippen MR) is 79.5 cm³/mol. The first-order chi connectivity index (χ1) is 8.66. The van der Waals surface area contributed by atoms with Gasteiger partial charge in [-0.05, 0) is 24.6 Å². The number of benzene rings is 1. The zero-order chi connectivity index (χ0) is 13.0. The molecule has 0 saturated carbocycles. The lowest BCUT2D eigenvalue weighted by molar-refractivity contribution is 0.574. The van der Waals surface area contributed by atoms with Gasteiger partial charge in [0, 0.05) is 5.56 Å². The highest BCUT2D eigenvalue weighted by Crippen LogP contribution is 2.24. The summed E-state index contributed by atoms with van der Waals surface area (Å²) in [6.45, 7) is 2.03. The highest BCUT2D eigenvalue weighted by molar-refractivity contribution is 5.85. The fourth-order valence-electron chi connectivity index (χ4n) is 1.57. The van der Waals surface area contributed by atoms with Crippen LogP contribution >= 0.6 is 12.4 Å². The van der Waals surface area contributed by atoms with E-state index in [1.165, 1.54) is 6.21 Å². The number of hydrogen-bond acceptors (Lipinski definition) is 3. The minimum Gasteiger partial charge on any atom is -0.455 e. The summed E-state index contributed by atoms with van der Waals surface area (Å²) in [7, 11) is 0. The first-order valence-corrected chi connectivity index (χ1v) is 5.44. The minimum atomic E-state index is -0.0862. The molecule has 0 fully saturated rings. The summed E-state index contributed by atoms with van der Waals surface area (Å²) in [5.41, 5.74) is 12.5. The van der Waals surface area contributed by atoms with E-state index in [1.807, 2.05) is 43.3 Å². The monoisotopic (exact) mass is 278 g/mol. The second-order valence-corrected chi connectivity index (χ2v) is 3.79. The van der Waals surface area contributed by atoms with E-state index < -0.39 is 0 Å². The molecule has 1 heterocycles. The van der Waals surface area contributed by atoms with Crippen LogP contribution in [-0.2, 0) is 0 Å². The van der Waals surface area contributed by atoms with Gasteiger partial charge in [0.05, 0.1) is 6.21 Å². The van der Waals surface area contributed by atoms with Gasteiger partial charge >= 0.3 is 0 Å². The molecule has 2 aromatic rings. The van der Waals surface area contributed by atoms with Crippen LogP contribution in [0.15, 0.2) is 51.0 Å². The number of aryl methyl sites for hydroxylation is 1. The van der Waals surface area contributed by atoms with Crippen LogP contribution in [-0.4, -0.2) is 12.2 Å². The van der Waals surface area contributed by atoms with Crippen molar-refractivity contribution in [1.29, 1.82) is 0 Å². The molecular weight excluding hydrogens is 264 g/mol. The molecule has 0 radical (unpaired) electrons. The van der Waals surface area contributed by atoms with E-state index in [0.717, 1.165) is 16.9 Å². The molecule has 0 atom stereocenters. The molecule has 0 unspecified atom stereocenters. The van der Waals surface area contributed by atoms with Crippen molar-refractivity contribution >= 4 is 24.6 Å². The zero-order valence-corrected chi connectivity index (χ0v) is 11.2. The average Bonchev–Trinajstić information content (AvgIpc) is 2.78. The van der Waals surface area contributed by atoms with Crippen molar-refractivity contribution < 1.29 is 4.42 Å². The lowest BCUT2D eigenvalue weighted by Crippen LogP contribution is -2.21. The van der Waals surface area contributed by atoms with E-state index in [4.69, 9.17) is 15.9 Å². The lowest BCUT2D eigenvalue weighted by atomic mass is 10.1. The van der Waals surface area contributed by atoms with Gasteiger partial charge in [0.15, 0.2) is 0 Å². The van der Waals surface area contributed by atoms with E-state index in [1.54, 1.807) is 0 Å². The third kappa shape index (κ3) is 3.86. The number of furan rings is 1. The molecule has 4 N–H and O–H groups in total. The molecule has 6 heteroatoms. The van der Waals surface area contributed by atoms with Crippen molar-refractivity contribution in [1.82, 2.24) is 0 Å². The van der Waals surface area contributed by atoms with Crippen molar-refractivity contribution in [2.24, 2.45) is 21.7 Å². The number of nitrogens with zero attached hydrogens (tertiary/aromatic N) is 2. The normalized spacial score (nSPS) is 10.2. The molecule has 1 aromatic heterocycles. The topological polar surface area (TPSA) is 89.9 Å². The summed E-state index contributed by atoms with van der Waals surface area (Å²) < 4.78 is 5.63. The number of rotatable bonds is 3. The molecule has 5 nitrogen and oxygen atoms in total. The lowest BCUT2D eigenvalue weighted by Gasteiger charge is -2.00. The summed E-state index contributed by atoms with van der Waals surface area (Å²) in [5.74, 6) is 1.30. The maximum Gasteiger partial charge on any atom is 0.211 e. The Morgan fingerprint density at radius 1 is 1.16 bits per heavy atom. The molecule has 0 spiro atoms. The first kappa shape index (κ1) is 14.8. The van der Waals surface area contributed by atoms with Crippen LogP contribution in [0.3, 0.4) is 0 Å². The van der Waals surface area contributed by atoms with Gasteiger partial charge in [-0.2, -0.15) is 5.10 Å². The fourth-order valence-corrected chi connectivity index (χ4v) is 1.57. The standard InChI is InChI=1S/C13H14N4O.ClH/c1-9-4-2-3-5-11(9)12-7-6-10(18-12)8-16-17-13(14)15;/h2-8H,1H3,(H4,14,15,17);1H/b16-8+;. The second kappa shape index (κ2) is 6.61. The Kier molecular flexibility index (Phi) is 5.14. The van der Waals surface area contributed by atoms with Gasteiger partial charge < -0.3 is 15.9 Å². The van der Waals surface area contributed by atoms with Crippen LogP contribution in [0, 0.1) is 6.92 Å². The third-order valence-electron chi connectivity index (χ3n) is 2.40. The fraction of sp³-hybridized carbons (Fsp3) is 0.0769. The maximum absolute atomic E-state index is 5.63. The SMILES string of the molecule is Cc1ccccc1-c1ccc(/C=N/N=C(N)N)o1.Cl. The summed E-state index contributed by atoms with van der Waals surface area (Å²) in [6.07, 6.45) is 1.46. The predicted octanol–water partition coefficient (Wildman–Crippen LogP) is 2.28. The zero-order valence-electron chi connectivity index (χ0n) is 10.4. The Hall–Kier alpha value is -2.27. The van der Waals surface area contributed by atoms with Crippen molar-refractivity contribution in [2.75, 3.05) is 0 Å². The summed E-state index contributed by atoms with van der Waals surface area (Å²) in [4.78, 5) is 0. The molecule has 0 aliphatic rings. The number of nitrogens with two attached hydrogens (primary N) is 2. The number of halogens is 1. The van der Waals surface area contributed by atoms with Crippen LogP contribution in [0.25, 0.3) is 11.3 Å². The number of guanidine groups is 1. The second-order valence-electron chi connectivity index (χ2n) is 3.79. The van der Waals surface area contributed by atoms with Gasteiger partial charge in [0.2, 0.25) is 5.96 Å². The molecule has 100 valence electrons. The maximum atomic E-state index is 5.63. The molecule has 0 saturated heterocycles. The first-order valence-electron chi connectivity index (χ1n) is 5.44. The highest BCUT2D eigenvalue weighted by atomic mass is 35.5. The highest BCUT2D eigenvalue weighted by Gasteiger charge is 2.05. The molecular formula is C13H15ClN4O. The van der Waals surface area contributed by atoms with Crippen LogP contribution in [0.5, 0.6) is 0 Å². The van der Waals surface area contributed by atoms with Crippen LogP contribution in [0.1, 0.15) is 11.3 Å². The molecule has 2 rings (SSSR count). The van der Waals surface area contributed by atoms with E-state index >= 15 is 0 Å². The van der Waals surface area contributed by atoms with Crippen LogP contribution < -0.4 is 11.5 Å². The largest absolute Gasteiger partial charge is 0.455 e. The Balaban J connectivity index is 0.00000180. The van der Waals surface area contributed by atoms with Crippen molar-refractivity contribution in [3.8, 4) is 11.3 Å². The van der Waals surface area contributed by atoms with Gasteiger partial charge in [-0.25, -0.2) is 0 Å². The van der Waals surface area contributed by atoms with Crippen molar-refractivity contribution in [2.45, 2.75) is 6.92 Å². The summed E-state index contributed by atoms with van der Waals surface area (Å²) in [5, 5.41) is 7.19. The van der Waals surface area contributed by atoms with E-state index in [-0.39, 0.29) is 18.4 Å². The Bertz CT molecular complexity index is 600. The van der Waals surface area contributed by atoms with Gasteiger partial charge in [-0.15, -0.1) is 17.5 Å². The smallest absolute Gasteiger partial charge is 0.211 e. The molecule has 0 aliphatic heterocycles. The summed E-state index contributed by atoms with van der Waals surface area (Å²) >= 11 is 0. The summed E-state index contributed by atoms with van der Waals surface area (Å²) in [6, 6.07) is 11.7. The van der Waals surface area contributed by atoms with Gasteiger partial charge in [-0.3, -0.25) is 0 Å². The molecule has 1 aromatic carbocycles. The Morgan fingerprint density at radius 3 is 2.58 bits per heavy atom. The molecule has 0 aliphatic carbocycles. The quantitative estimate of drug-likeness (QED) is 0.513. The van der Waals surface area contributed by atoms with E-state index in [9.17, 15) is 0 Å². The average molecular weight is 279 g/mol. The van der Waals surface area contributed by atoms with Gasteiger partial charge in [0.25, 0.3) is 0 Å². The number of hydrogen-bond donors (Lipinski definition) is 2. The Labute approximate surface area is 117 Å². The van der Waals surface area contributed by atoms with Crippen LogP contribution in [0.2, 0.25) is 0 Å². The van der Waals surface area contributed by atoms with E-state index in [2.05, 4.69) is 10.2 Å². The Morgan fingerprint density at radius 2 is 1.89 bits per heavy atom. The molecule has 19 heavy (non-hydrogen) atoms. The minimum absolute atomic E-state index is 0. The third-order valence-corrected chi connectivity index (χ3v) is 2.40. The van der Waals surface area contributed by atoms with E-state index in [0.29, 0.717) is 5.76 Å². The van der Waals surface area contributed by atoms with Gasteiger partial charge in [0.1, 0.15) is 11.5 Å². The van der Waals surface area contributed by atoms with Crippen LogP contribution in [0.4, 0.5) is 0 Å². The molecule has 0 bridgehead atoms. The molecule has 0 amide bonds.